The molecule has 2 aliphatic heterocycles. The topological polar surface area (TPSA) is 178 Å². The lowest BCUT2D eigenvalue weighted by atomic mass is 9.89. The van der Waals surface area contributed by atoms with Crippen molar-refractivity contribution in [2.24, 2.45) is 10.9 Å². The molecule has 0 unspecified atom stereocenters. The Labute approximate surface area is 422 Å². The van der Waals surface area contributed by atoms with Gasteiger partial charge in [-0.15, -0.1) is 21.5 Å². The number of aliphatic hydroxyl groups is 1. The Hall–Kier alpha value is -6.46. The predicted molar refractivity (Wildman–Crippen MR) is 274 cm³/mol. The highest BCUT2D eigenvalue weighted by Crippen LogP contribution is 2.40. The number of likely N-dealkylation sites (tertiary alicyclic amines) is 1. The Morgan fingerprint density at radius 1 is 0.944 bits per heavy atom. The summed E-state index contributed by atoms with van der Waals surface area (Å²) in [6, 6.07) is 21.9. The van der Waals surface area contributed by atoms with E-state index in [1.54, 1.807) is 22.2 Å². The molecule has 2 fully saturated rings. The van der Waals surface area contributed by atoms with Crippen LogP contribution >= 0.6 is 22.9 Å². The second-order valence-electron chi connectivity index (χ2n) is 19.5. The normalized spacial score (nSPS) is 20.5. The summed E-state index contributed by atoms with van der Waals surface area (Å²) in [6.07, 6.45) is 6.93. The van der Waals surface area contributed by atoms with E-state index in [2.05, 4.69) is 49.3 Å². The number of carbonyl (C=O) groups excluding carboxylic acids is 2. The molecule has 1 saturated carbocycles. The fourth-order valence-electron chi connectivity index (χ4n) is 10.1. The van der Waals surface area contributed by atoms with Crippen LogP contribution in [-0.2, 0) is 9.59 Å². The molecule has 0 radical (unpaired) electrons. The number of carbonyl (C=O) groups is 2. The number of ether oxygens (including phenoxy) is 1. The third kappa shape index (κ3) is 9.70. The molecule has 2 amide bonds. The number of thiophene rings is 1. The quantitative estimate of drug-likeness (QED) is 0.0897. The molecule has 3 aliphatic rings. The molecule has 6 heterocycles. The molecule has 5 atom stereocenters. The minimum atomic E-state index is -0.830. The van der Waals surface area contributed by atoms with Gasteiger partial charge in [-0.1, -0.05) is 74.0 Å². The van der Waals surface area contributed by atoms with E-state index in [9.17, 15) is 14.7 Å². The minimum Gasteiger partial charge on any atom is -0.490 e. The smallest absolute Gasteiger partial charge is 0.248 e. The fraction of sp³-hybridized carbons (Fsp3) is 0.389. The summed E-state index contributed by atoms with van der Waals surface area (Å²) in [7, 11) is 0. The molecule has 368 valence electrons. The van der Waals surface area contributed by atoms with Crippen molar-refractivity contribution < 1.29 is 23.8 Å². The summed E-state index contributed by atoms with van der Waals surface area (Å²) in [5, 5.41) is 33.3. The lowest BCUT2D eigenvalue weighted by molar-refractivity contribution is -0.142. The Balaban J connectivity index is 0.752. The average molecular weight is 996 g/mol. The number of rotatable bonds is 15. The minimum absolute atomic E-state index is 0.0611. The number of halogens is 1. The molecule has 10 rings (SSSR count). The van der Waals surface area contributed by atoms with E-state index < -0.39 is 18.2 Å². The summed E-state index contributed by atoms with van der Waals surface area (Å²) in [4.78, 5) is 40.6. The Bertz CT molecular complexity index is 3100. The summed E-state index contributed by atoms with van der Waals surface area (Å²) in [5.74, 6) is 2.43. The number of benzene rings is 3. The molecule has 7 aromatic rings. The Kier molecular flexibility index (Phi) is 13.6. The summed E-state index contributed by atoms with van der Waals surface area (Å²) >= 11 is 8.07. The van der Waals surface area contributed by atoms with Gasteiger partial charge in [0.05, 0.1) is 29.7 Å². The molecule has 17 heteroatoms. The number of aliphatic imine (C=N–C) groups is 1. The zero-order chi connectivity index (χ0) is 49.7. The SMILES string of the molecule is Cc1ncoc1-c1ccc([C@H](C)NC(=O)[C@@H]2C[C@@H](O)CN2C(=O)[C@@H](C(C)C)n2cc(-c3cccc(O[C@H]4C[C@@H](NCC[C@@H]5N=C(c6ccc(Cl)cc6)c6c(sc(C)c6C)-n6c(C)nnc65)C4)c3)cn2)cc1. The third-order valence-electron chi connectivity index (χ3n) is 14.2. The van der Waals surface area contributed by atoms with E-state index in [0.717, 1.165) is 93.0 Å². The van der Waals surface area contributed by atoms with E-state index >= 15 is 0 Å². The molecular weight excluding hydrogens is 936 g/mol. The van der Waals surface area contributed by atoms with E-state index in [0.29, 0.717) is 16.8 Å². The number of aliphatic hydroxyl groups excluding tert-OH is 1. The van der Waals surface area contributed by atoms with Gasteiger partial charge in [0.1, 0.15) is 40.8 Å². The van der Waals surface area contributed by atoms with Crippen molar-refractivity contribution in [3.63, 3.8) is 0 Å². The van der Waals surface area contributed by atoms with E-state index in [-0.39, 0.29) is 48.9 Å². The second kappa shape index (κ2) is 20.0. The van der Waals surface area contributed by atoms with E-state index in [4.69, 9.17) is 25.7 Å². The number of oxazole rings is 1. The maximum atomic E-state index is 14.4. The molecule has 3 aromatic carbocycles. The first-order chi connectivity index (χ1) is 34.2. The van der Waals surface area contributed by atoms with Gasteiger partial charge in [0.2, 0.25) is 11.8 Å². The number of hydrogen-bond acceptors (Lipinski definition) is 12. The van der Waals surface area contributed by atoms with Crippen LogP contribution < -0.4 is 15.4 Å². The number of fused-ring (bicyclic) bond motifs is 3. The lowest BCUT2D eigenvalue weighted by Crippen LogP contribution is -2.49. The molecule has 1 aliphatic carbocycles. The molecule has 4 aromatic heterocycles. The highest BCUT2D eigenvalue weighted by atomic mass is 35.5. The van der Waals surface area contributed by atoms with Crippen LogP contribution in [0.25, 0.3) is 27.5 Å². The van der Waals surface area contributed by atoms with Crippen molar-refractivity contribution in [3.8, 4) is 33.2 Å². The van der Waals surface area contributed by atoms with Gasteiger partial charge in [-0.25, -0.2) is 4.98 Å². The number of nitrogens with zero attached hydrogens (tertiary/aromatic N) is 8. The number of amides is 2. The van der Waals surface area contributed by atoms with Crippen LogP contribution in [0.5, 0.6) is 5.75 Å². The molecule has 71 heavy (non-hydrogen) atoms. The lowest BCUT2D eigenvalue weighted by Gasteiger charge is -2.36. The maximum absolute atomic E-state index is 14.4. The average Bonchev–Trinajstić information content (AvgIpc) is 4.19. The van der Waals surface area contributed by atoms with Gasteiger partial charge < -0.3 is 29.8 Å². The maximum Gasteiger partial charge on any atom is 0.248 e. The highest BCUT2D eigenvalue weighted by Gasteiger charge is 2.43. The monoisotopic (exact) mass is 994 g/mol. The number of hydrogen-bond donors (Lipinski definition) is 3. The first-order valence-electron chi connectivity index (χ1n) is 24.4. The fourth-order valence-corrected chi connectivity index (χ4v) is 11.4. The van der Waals surface area contributed by atoms with Crippen LogP contribution in [0.15, 0.2) is 101 Å². The van der Waals surface area contributed by atoms with Crippen LogP contribution in [0.4, 0.5) is 0 Å². The number of β-amino-alcohol motifs (C(OH)–C–C–N with tert-alkyl or cyclic N) is 1. The van der Waals surface area contributed by atoms with Crippen LogP contribution in [0.2, 0.25) is 5.02 Å². The van der Waals surface area contributed by atoms with Crippen molar-refractivity contribution in [2.75, 3.05) is 13.1 Å². The van der Waals surface area contributed by atoms with Crippen molar-refractivity contribution in [1.29, 1.82) is 0 Å². The van der Waals surface area contributed by atoms with Crippen molar-refractivity contribution in [3.05, 3.63) is 141 Å². The molecule has 3 N–H and O–H groups in total. The zero-order valence-electron chi connectivity index (χ0n) is 41.0. The Morgan fingerprint density at radius 2 is 1.70 bits per heavy atom. The summed E-state index contributed by atoms with van der Waals surface area (Å²) in [6.45, 7) is 14.9. The Morgan fingerprint density at radius 3 is 2.44 bits per heavy atom. The highest BCUT2D eigenvalue weighted by molar-refractivity contribution is 7.15. The van der Waals surface area contributed by atoms with Gasteiger partial charge in [-0.2, -0.15) is 5.10 Å². The number of nitrogens with one attached hydrogen (secondary N) is 2. The van der Waals surface area contributed by atoms with Crippen molar-refractivity contribution in [2.45, 2.75) is 117 Å². The van der Waals surface area contributed by atoms with Crippen LogP contribution in [0, 0.1) is 33.6 Å². The first kappa shape index (κ1) is 48.2. The van der Waals surface area contributed by atoms with Gasteiger partial charge in [-0.3, -0.25) is 23.8 Å². The standard InChI is InChI=1S/C54H59ClN10O5S/c1-29(2)49(53(68)63-27-42(66)24-46(63)52(67)59-31(4)35-11-13-37(14-12-35)50-32(5)57-28-69-50)64-26-39(25-58-64)38-9-8-10-43(21-38)70-44-22-41(23-44)56-20-19-45-51-62-61-34(7)65(51)54-47(30(3)33(6)71-54)48(60-45)36-15-17-40(55)18-16-36/h8-18,21,25-26,28-29,31,41-42,44-46,49,56,66H,19-20,22-24,27H2,1-7H3,(H,59,67)/t31-,41-,42+,44+,45-,46-,49+/m0/s1. The van der Waals surface area contributed by atoms with Gasteiger partial charge in [0.15, 0.2) is 18.0 Å². The van der Waals surface area contributed by atoms with Gasteiger partial charge in [0.25, 0.3) is 0 Å². The summed E-state index contributed by atoms with van der Waals surface area (Å²) < 4.78 is 15.9. The third-order valence-corrected chi connectivity index (χ3v) is 15.6. The second-order valence-corrected chi connectivity index (χ2v) is 21.1. The molecule has 0 bridgehead atoms. The van der Waals surface area contributed by atoms with Crippen LogP contribution in [0.1, 0.15) is 109 Å². The number of aryl methyl sites for hydroxylation is 3. The zero-order valence-corrected chi connectivity index (χ0v) is 42.5. The molecule has 15 nitrogen and oxygen atoms in total. The van der Waals surface area contributed by atoms with E-state index in [1.807, 2.05) is 114 Å². The summed E-state index contributed by atoms with van der Waals surface area (Å²) in [5.41, 5.74) is 8.65. The largest absolute Gasteiger partial charge is 0.490 e. The van der Waals surface area contributed by atoms with Gasteiger partial charge >= 0.3 is 0 Å². The first-order valence-corrected chi connectivity index (χ1v) is 25.6. The van der Waals surface area contributed by atoms with Gasteiger partial charge in [0, 0.05) is 57.4 Å². The van der Waals surface area contributed by atoms with Gasteiger partial charge in [-0.05, 0) is 107 Å². The van der Waals surface area contributed by atoms with E-state index in [1.165, 1.54) is 21.7 Å². The number of aromatic nitrogens is 6. The van der Waals surface area contributed by atoms with Crippen LogP contribution in [-0.4, -0.2) is 94.4 Å². The van der Waals surface area contributed by atoms with Crippen LogP contribution in [0.3, 0.4) is 0 Å². The van der Waals surface area contributed by atoms with Crippen molar-refractivity contribution in [1.82, 2.24) is 45.1 Å². The molecular formula is C54H59ClN10O5S. The predicted octanol–water partition coefficient (Wildman–Crippen LogP) is 9.25. The molecule has 0 spiro atoms. The van der Waals surface area contributed by atoms with Crippen molar-refractivity contribution >= 4 is 40.5 Å². The molecule has 1 saturated heterocycles.